The molecule has 0 N–H and O–H groups in total. The SMILES string of the molecule is C=CCC(C(=O)N(C)[C@H](C)[C@@H](O[Si](C)(C)C(C)(C)C)c1ccccc1)S(=O)(=O)c1ccccc1. The fraction of sp³-hybridized carbons (Fsp3) is 0.444. The Hall–Kier alpha value is -2.22. The highest BCUT2D eigenvalue weighted by atomic mass is 32.2. The lowest BCUT2D eigenvalue weighted by Gasteiger charge is -2.43. The predicted octanol–water partition coefficient (Wildman–Crippen LogP) is 6.02. The summed E-state index contributed by atoms with van der Waals surface area (Å²) in [5.41, 5.74) is 0.964. The monoisotopic (exact) mass is 501 g/mol. The van der Waals surface area contributed by atoms with Crippen molar-refractivity contribution in [1.29, 1.82) is 0 Å². The number of nitrogens with zero attached hydrogens (tertiary/aromatic N) is 1. The number of rotatable bonds is 10. The van der Waals surface area contributed by atoms with Gasteiger partial charge in [-0.3, -0.25) is 4.79 Å². The van der Waals surface area contributed by atoms with Crippen molar-refractivity contribution in [3.8, 4) is 0 Å². The molecule has 0 heterocycles. The van der Waals surface area contributed by atoms with Crippen molar-refractivity contribution in [3.05, 3.63) is 78.9 Å². The van der Waals surface area contributed by atoms with Crippen LogP contribution in [0, 0.1) is 0 Å². The Morgan fingerprint density at radius 1 is 1.06 bits per heavy atom. The number of sulfone groups is 1. The first-order chi connectivity index (χ1) is 15.7. The zero-order chi connectivity index (χ0) is 25.7. The first-order valence-corrected chi connectivity index (χ1v) is 16.1. The zero-order valence-electron chi connectivity index (χ0n) is 21.5. The Kier molecular flexibility index (Phi) is 9.08. The lowest BCUT2D eigenvalue weighted by atomic mass is 10.0. The third-order valence-electron chi connectivity index (χ3n) is 6.86. The van der Waals surface area contributed by atoms with E-state index in [-0.39, 0.29) is 28.5 Å². The van der Waals surface area contributed by atoms with E-state index in [4.69, 9.17) is 4.43 Å². The molecule has 0 saturated carbocycles. The summed E-state index contributed by atoms with van der Waals surface area (Å²) in [6, 6.07) is 17.6. The number of likely N-dealkylation sites (N-methyl/N-ethyl adjacent to an activating group) is 1. The van der Waals surface area contributed by atoms with Gasteiger partial charge in [0.25, 0.3) is 0 Å². The van der Waals surface area contributed by atoms with E-state index in [0.29, 0.717) is 0 Å². The molecule has 0 aliphatic carbocycles. The molecule has 2 aromatic carbocycles. The van der Waals surface area contributed by atoms with Gasteiger partial charge in [0.2, 0.25) is 5.91 Å². The van der Waals surface area contributed by atoms with Crippen molar-refractivity contribution in [2.45, 2.75) is 74.5 Å². The molecule has 0 radical (unpaired) electrons. The number of carbonyl (C=O) groups is 1. The molecule has 2 aromatic rings. The lowest BCUT2D eigenvalue weighted by molar-refractivity contribution is -0.133. The molecule has 0 fully saturated rings. The van der Waals surface area contributed by atoms with Crippen molar-refractivity contribution >= 4 is 24.1 Å². The lowest BCUT2D eigenvalue weighted by Crippen LogP contribution is -2.50. The molecule has 0 spiro atoms. The van der Waals surface area contributed by atoms with Gasteiger partial charge in [-0.05, 0) is 49.2 Å². The van der Waals surface area contributed by atoms with Crippen LogP contribution < -0.4 is 0 Å². The second-order valence-corrected chi connectivity index (χ2v) is 17.2. The van der Waals surface area contributed by atoms with E-state index in [0.717, 1.165) is 5.56 Å². The van der Waals surface area contributed by atoms with Crippen LogP contribution in [0.15, 0.2) is 78.2 Å². The fourth-order valence-corrected chi connectivity index (χ4v) is 6.51. The van der Waals surface area contributed by atoms with Gasteiger partial charge in [0.05, 0.1) is 17.0 Å². The molecule has 5 nitrogen and oxygen atoms in total. The van der Waals surface area contributed by atoms with Crippen molar-refractivity contribution in [1.82, 2.24) is 4.90 Å². The largest absolute Gasteiger partial charge is 0.408 e. The molecule has 2 rings (SSSR count). The molecule has 7 heteroatoms. The van der Waals surface area contributed by atoms with Crippen LogP contribution in [0.3, 0.4) is 0 Å². The van der Waals surface area contributed by atoms with Crippen LogP contribution >= 0.6 is 0 Å². The molecule has 1 unspecified atom stereocenters. The van der Waals surface area contributed by atoms with E-state index in [1.54, 1.807) is 25.2 Å². The highest BCUT2D eigenvalue weighted by Crippen LogP contribution is 2.41. The molecule has 1 amide bonds. The summed E-state index contributed by atoms with van der Waals surface area (Å²) in [5.74, 6) is -0.462. The molecule has 34 heavy (non-hydrogen) atoms. The number of carbonyl (C=O) groups excluding carboxylic acids is 1. The van der Waals surface area contributed by atoms with Gasteiger partial charge in [0.1, 0.15) is 5.25 Å². The first kappa shape index (κ1) is 28.0. The van der Waals surface area contributed by atoms with Crippen LogP contribution in [0.5, 0.6) is 0 Å². The third-order valence-corrected chi connectivity index (χ3v) is 13.4. The van der Waals surface area contributed by atoms with Gasteiger partial charge in [-0.25, -0.2) is 8.42 Å². The number of hydrogen-bond donors (Lipinski definition) is 0. The Bertz CT molecular complexity index is 1060. The summed E-state index contributed by atoms with van der Waals surface area (Å²) < 4.78 is 33.5. The number of amides is 1. The average Bonchev–Trinajstić information content (AvgIpc) is 2.80. The number of benzene rings is 2. The van der Waals surface area contributed by atoms with Gasteiger partial charge in [-0.15, -0.1) is 6.58 Å². The van der Waals surface area contributed by atoms with Crippen LogP contribution in [0.25, 0.3) is 0 Å². The smallest absolute Gasteiger partial charge is 0.241 e. The molecule has 186 valence electrons. The van der Waals surface area contributed by atoms with Crippen molar-refractivity contribution < 1.29 is 17.6 Å². The molecule has 0 bridgehead atoms. The maximum atomic E-state index is 13.6. The molecule has 0 saturated heterocycles. The second kappa shape index (κ2) is 11.0. The van der Waals surface area contributed by atoms with E-state index in [1.807, 2.05) is 37.3 Å². The molecule has 3 atom stereocenters. The highest BCUT2D eigenvalue weighted by molar-refractivity contribution is 7.92. The number of hydrogen-bond acceptors (Lipinski definition) is 4. The summed E-state index contributed by atoms with van der Waals surface area (Å²) in [5, 5.41) is -1.27. The van der Waals surface area contributed by atoms with Gasteiger partial charge >= 0.3 is 0 Å². The van der Waals surface area contributed by atoms with Crippen molar-refractivity contribution in [2.24, 2.45) is 0 Å². The molecular weight excluding hydrogens is 462 g/mol. The minimum atomic E-state index is -3.88. The topological polar surface area (TPSA) is 63.7 Å². The van der Waals surface area contributed by atoms with Crippen molar-refractivity contribution in [2.75, 3.05) is 7.05 Å². The maximum Gasteiger partial charge on any atom is 0.241 e. The first-order valence-electron chi connectivity index (χ1n) is 11.6. The van der Waals surface area contributed by atoms with Gasteiger partial charge < -0.3 is 9.33 Å². The Labute approximate surface area is 206 Å². The Morgan fingerprint density at radius 3 is 2.03 bits per heavy atom. The summed E-state index contributed by atoms with van der Waals surface area (Å²) in [7, 11) is -4.42. The van der Waals surface area contributed by atoms with Crippen LogP contribution in [-0.4, -0.2) is 45.9 Å². The van der Waals surface area contributed by atoms with Crippen LogP contribution in [0.4, 0.5) is 0 Å². The maximum absolute atomic E-state index is 13.6. The van der Waals surface area contributed by atoms with Gasteiger partial charge in [-0.2, -0.15) is 0 Å². The average molecular weight is 502 g/mol. The minimum absolute atomic E-state index is 0.0235. The normalized spacial score (nSPS) is 15.3. The van der Waals surface area contributed by atoms with Gasteiger partial charge in [-0.1, -0.05) is 75.4 Å². The quantitative estimate of drug-likeness (QED) is 0.295. The van der Waals surface area contributed by atoms with Gasteiger partial charge in [0, 0.05) is 7.05 Å². The minimum Gasteiger partial charge on any atom is -0.408 e. The summed E-state index contributed by atoms with van der Waals surface area (Å²) in [6.07, 6.45) is 1.13. The third kappa shape index (κ3) is 6.26. The van der Waals surface area contributed by atoms with E-state index in [2.05, 4.69) is 40.4 Å². The van der Waals surface area contributed by atoms with Crippen LogP contribution in [0.1, 0.15) is 45.8 Å². The Balaban J connectivity index is 2.44. The van der Waals surface area contributed by atoms with E-state index >= 15 is 0 Å². The standard InChI is InChI=1S/C27H39NO4SSi/c1-9-16-24(33(30,31)23-19-14-11-15-20-23)26(29)28(6)21(2)25(22-17-12-10-13-18-22)32-34(7,8)27(3,4)5/h9-15,17-21,24-25H,1,16H2,2-8H3/t21-,24?,25-/m1/s1. The molecule has 0 aliphatic rings. The zero-order valence-corrected chi connectivity index (χ0v) is 23.3. The van der Waals surface area contributed by atoms with E-state index in [1.165, 1.54) is 23.1 Å². The molecular formula is C27H39NO4SSi. The molecule has 0 aliphatic heterocycles. The molecule has 0 aromatic heterocycles. The van der Waals surface area contributed by atoms with Crippen LogP contribution in [0.2, 0.25) is 18.1 Å². The summed E-state index contributed by atoms with van der Waals surface area (Å²) in [6.45, 7) is 16.5. The van der Waals surface area contributed by atoms with Crippen molar-refractivity contribution in [3.63, 3.8) is 0 Å². The number of allylic oxidation sites excluding steroid dienone is 1. The highest BCUT2D eigenvalue weighted by Gasteiger charge is 2.43. The Morgan fingerprint density at radius 2 is 1.56 bits per heavy atom. The summed E-state index contributed by atoms with van der Waals surface area (Å²) >= 11 is 0. The van der Waals surface area contributed by atoms with E-state index in [9.17, 15) is 13.2 Å². The van der Waals surface area contributed by atoms with Gasteiger partial charge in [0.15, 0.2) is 18.2 Å². The second-order valence-electron chi connectivity index (χ2n) is 10.3. The van der Waals surface area contributed by atoms with Crippen LogP contribution in [-0.2, 0) is 19.1 Å². The van der Waals surface area contributed by atoms with E-state index < -0.39 is 29.3 Å². The summed E-state index contributed by atoms with van der Waals surface area (Å²) in [4.78, 5) is 15.3. The fourth-order valence-electron chi connectivity index (χ4n) is 3.50. The predicted molar refractivity (Wildman–Crippen MR) is 142 cm³/mol.